The lowest BCUT2D eigenvalue weighted by Crippen LogP contribution is -1.97. The van der Waals surface area contributed by atoms with E-state index in [1.807, 2.05) is 36.4 Å². The van der Waals surface area contributed by atoms with Crippen molar-refractivity contribution in [1.29, 1.82) is 0 Å². The Bertz CT molecular complexity index is 761. The number of thioether (sulfide) groups is 1. The summed E-state index contributed by atoms with van der Waals surface area (Å²) in [5.41, 5.74) is 1.06. The van der Waals surface area contributed by atoms with Gasteiger partial charge in [-0.3, -0.25) is 0 Å². The Morgan fingerprint density at radius 2 is 1.74 bits per heavy atom. The summed E-state index contributed by atoms with van der Waals surface area (Å²) in [6.07, 6.45) is 2.13. The molecule has 3 rings (SSSR count). The van der Waals surface area contributed by atoms with E-state index in [-0.39, 0.29) is 0 Å². The molecule has 0 amide bonds. The van der Waals surface area contributed by atoms with Gasteiger partial charge in [-0.05, 0) is 55.0 Å². The fraction of sp³-hybridized carbons (Fsp3) is 0.211. The van der Waals surface area contributed by atoms with E-state index in [0.717, 1.165) is 46.5 Å². The van der Waals surface area contributed by atoms with Crippen LogP contribution in [0.3, 0.4) is 0 Å². The van der Waals surface area contributed by atoms with Crippen molar-refractivity contribution in [1.82, 2.24) is 4.98 Å². The first-order chi connectivity index (χ1) is 11.3. The zero-order valence-corrected chi connectivity index (χ0v) is 14.3. The quantitative estimate of drug-likeness (QED) is 0.397. The van der Waals surface area contributed by atoms with Crippen LogP contribution in [-0.2, 0) is 0 Å². The van der Waals surface area contributed by atoms with Gasteiger partial charge in [0.2, 0.25) is 0 Å². The Hall–Kier alpha value is -1.71. The molecule has 0 unspecified atom stereocenters. The summed E-state index contributed by atoms with van der Waals surface area (Å²) in [5.74, 6) is 1.92. The zero-order chi connectivity index (χ0) is 15.9. The van der Waals surface area contributed by atoms with Gasteiger partial charge >= 0.3 is 0 Å². The van der Waals surface area contributed by atoms with Crippen molar-refractivity contribution >= 4 is 34.3 Å². The standard InChI is InChI=1S/C19H18ClNOS/c20-16-8-10-17(11-9-16)22-13-3-4-14-23-19-12-7-15-5-1-2-6-18(15)21-19/h1-2,5-12H,3-4,13-14H2. The van der Waals surface area contributed by atoms with Crippen LogP contribution < -0.4 is 4.74 Å². The lowest BCUT2D eigenvalue weighted by atomic mass is 10.2. The van der Waals surface area contributed by atoms with Crippen LogP contribution in [0.25, 0.3) is 10.9 Å². The number of rotatable bonds is 7. The summed E-state index contributed by atoms with van der Waals surface area (Å²) >= 11 is 7.64. The molecular weight excluding hydrogens is 326 g/mol. The number of hydrogen-bond acceptors (Lipinski definition) is 3. The number of pyridine rings is 1. The van der Waals surface area contributed by atoms with Crippen molar-refractivity contribution in [3.63, 3.8) is 0 Å². The van der Waals surface area contributed by atoms with Gasteiger partial charge in [0.15, 0.2) is 0 Å². The molecule has 0 atom stereocenters. The largest absolute Gasteiger partial charge is 0.494 e. The van der Waals surface area contributed by atoms with E-state index >= 15 is 0 Å². The minimum Gasteiger partial charge on any atom is -0.494 e. The molecule has 0 aliphatic carbocycles. The van der Waals surface area contributed by atoms with Crippen molar-refractivity contribution in [3.05, 3.63) is 65.7 Å². The number of aromatic nitrogens is 1. The predicted molar refractivity (Wildman–Crippen MR) is 98.6 cm³/mol. The number of ether oxygens (including phenoxy) is 1. The third-order valence-electron chi connectivity index (χ3n) is 3.44. The molecule has 0 saturated carbocycles. The van der Waals surface area contributed by atoms with E-state index in [1.165, 1.54) is 5.39 Å². The first-order valence-electron chi connectivity index (χ1n) is 7.68. The van der Waals surface area contributed by atoms with Crippen LogP contribution in [0.5, 0.6) is 5.75 Å². The molecule has 0 aliphatic rings. The normalized spacial score (nSPS) is 10.8. The lowest BCUT2D eigenvalue weighted by Gasteiger charge is -2.06. The molecular formula is C19H18ClNOS. The Labute approximate surface area is 145 Å². The number of benzene rings is 2. The smallest absolute Gasteiger partial charge is 0.119 e. The van der Waals surface area contributed by atoms with Crippen LogP contribution >= 0.6 is 23.4 Å². The Balaban J connectivity index is 1.38. The number of hydrogen-bond donors (Lipinski definition) is 0. The van der Waals surface area contributed by atoms with Gasteiger partial charge < -0.3 is 4.74 Å². The SMILES string of the molecule is Clc1ccc(OCCCCSc2ccc3ccccc3n2)cc1. The van der Waals surface area contributed by atoms with E-state index in [2.05, 4.69) is 29.2 Å². The molecule has 2 nitrogen and oxygen atoms in total. The van der Waals surface area contributed by atoms with Crippen LogP contribution in [0.2, 0.25) is 5.02 Å². The summed E-state index contributed by atoms with van der Waals surface area (Å²) in [7, 11) is 0. The van der Waals surface area contributed by atoms with Gasteiger partial charge in [-0.1, -0.05) is 35.9 Å². The molecule has 0 saturated heterocycles. The highest BCUT2D eigenvalue weighted by atomic mass is 35.5. The Morgan fingerprint density at radius 1 is 0.913 bits per heavy atom. The minimum atomic E-state index is 0.730. The van der Waals surface area contributed by atoms with Gasteiger partial charge in [0, 0.05) is 10.4 Å². The van der Waals surface area contributed by atoms with Crippen LogP contribution in [0.4, 0.5) is 0 Å². The van der Waals surface area contributed by atoms with Gasteiger partial charge in [-0.25, -0.2) is 4.98 Å². The van der Waals surface area contributed by atoms with Gasteiger partial charge in [-0.2, -0.15) is 0 Å². The van der Waals surface area contributed by atoms with E-state index in [4.69, 9.17) is 16.3 Å². The van der Waals surface area contributed by atoms with Crippen LogP contribution in [0.15, 0.2) is 65.7 Å². The van der Waals surface area contributed by atoms with Gasteiger partial charge in [0.05, 0.1) is 17.1 Å². The highest BCUT2D eigenvalue weighted by Crippen LogP contribution is 2.21. The summed E-state index contributed by atoms with van der Waals surface area (Å²) in [4.78, 5) is 4.67. The van der Waals surface area contributed by atoms with Crippen LogP contribution in [0, 0.1) is 0 Å². The minimum absolute atomic E-state index is 0.730. The fourth-order valence-electron chi connectivity index (χ4n) is 2.23. The molecule has 2 aromatic carbocycles. The molecule has 1 aromatic heterocycles. The van der Waals surface area contributed by atoms with Crippen molar-refractivity contribution in [2.75, 3.05) is 12.4 Å². The summed E-state index contributed by atoms with van der Waals surface area (Å²) in [6, 6.07) is 19.9. The molecule has 0 N–H and O–H groups in total. The molecule has 23 heavy (non-hydrogen) atoms. The number of para-hydroxylation sites is 1. The number of nitrogens with zero attached hydrogens (tertiary/aromatic N) is 1. The third kappa shape index (κ3) is 4.88. The average Bonchev–Trinajstić information content (AvgIpc) is 2.59. The number of halogens is 1. The van der Waals surface area contributed by atoms with Crippen molar-refractivity contribution in [2.45, 2.75) is 17.9 Å². The Kier molecular flexibility index (Phi) is 5.78. The van der Waals surface area contributed by atoms with E-state index in [9.17, 15) is 0 Å². The highest BCUT2D eigenvalue weighted by molar-refractivity contribution is 7.99. The summed E-state index contributed by atoms with van der Waals surface area (Å²) in [5, 5.41) is 3.01. The Morgan fingerprint density at radius 3 is 2.61 bits per heavy atom. The topological polar surface area (TPSA) is 22.1 Å². The van der Waals surface area contributed by atoms with Crippen molar-refractivity contribution < 1.29 is 4.74 Å². The van der Waals surface area contributed by atoms with E-state index in [0.29, 0.717) is 0 Å². The average molecular weight is 344 g/mol. The maximum Gasteiger partial charge on any atom is 0.119 e. The molecule has 0 radical (unpaired) electrons. The van der Waals surface area contributed by atoms with Crippen molar-refractivity contribution in [3.8, 4) is 5.75 Å². The first-order valence-corrected chi connectivity index (χ1v) is 9.04. The number of fused-ring (bicyclic) bond motifs is 1. The van der Waals surface area contributed by atoms with Crippen LogP contribution in [0.1, 0.15) is 12.8 Å². The molecule has 0 fully saturated rings. The monoisotopic (exact) mass is 343 g/mol. The molecule has 1 heterocycles. The molecule has 0 aliphatic heterocycles. The highest BCUT2D eigenvalue weighted by Gasteiger charge is 1.99. The lowest BCUT2D eigenvalue weighted by molar-refractivity contribution is 0.310. The van der Waals surface area contributed by atoms with Crippen molar-refractivity contribution in [2.24, 2.45) is 0 Å². The summed E-state index contributed by atoms with van der Waals surface area (Å²) in [6.45, 7) is 0.730. The second-order valence-electron chi connectivity index (χ2n) is 5.20. The molecule has 0 bridgehead atoms. The second kappa shape index (κ2) is 8.23. The van der Waals surface area contributed by atoms with Gasteiger partial charge in [0.1, 0.15) is 5.75 Å². The van der Waals surface area contributed by atoms with E-state index < -0.39 is 0 Å². The predicted octanol–water partition coefficient (Wildman–Crippen LogP) is 5.84. The number of unbranched alkanes of at least 4 members (excludes halogenated alkanes) is 1. The maximum atomic E-state index is 5.84. The molecule has 3 aromatic rings. The second-order valence-corrected chi connectivity index (χ2v) is 6.75. The van der Waals surface area contributed by atoms with E-state index in [1.54, 1.807) is 11.8 Å². The fourth-order valence-corrected chi connectivity index (χ4v) is 3.24. The van der Waals surface area contributed by atoms with Gasteiger partial charge in [-0.15, -0.1) is 11.8 Å². The van der Waals surface area contributed by atoms with Crippen LogP contribution in [-0.4, -0.2) is 17.3 Å². The molecule has 118 valence electrons. The summed E-state index contributed by atoms with van der Waals surface area (Å²) < 4.78 is 5.69. The first kappa shape index (κ1) is 16.2. The zero-order valence-electron chi connectivity index (χ0n) is 12.7. The third-order valence-corrected chi connectivity index (χ3v) is 4.71. The molecule has 0 spiro atoms. The molecule has 4 heteroatoms. The van der Waals surface area contributed by atoms with Gasteiger partial charge in [0.25, 0.3) is 0 Å². The maximum absolute atomic E-state index is 5.84.